The highest BCUT2D eigenvalue weighted by atomic mass is 16.5. The molecule has 3 aromatic carbocycles. The Hall–Kier alpha value is -3.71. The number of aryl methyl sites for hydroxylation is 1. The van der Waals surface area contributed by atoms with Crippen molar-refractivity contribution in [2.75, 3.05) is 18.9 Å². The molecule has 3 aromatic rings. The van der Waals surface area contributed by atoms with Crippen LogP contribution in [0.3, 0.4) is 0 Å². The van der Waals surface area contributed by atoms with Crippen molar-refractivity contribution in [3.63, 3.8) is 0 Å². The van der Waals surface area contributed by atoms with Crippen LogP contribution in [0.5, 0.6) is 17.2 Å². The Morgan fingerprint density at radius 1 is 0.912 bits per heavy atom. The Morgan fingerprint density at radius 2 is 1.56 bits per heavy atom. The highest BCUT2D eigenvalue weighted by Crippen LogP contribution is 2.24. The number of anilines is 1. The number of benzene rings is 3. The molecule has 3 rings (SSSR count). The first kappa shape index (κ1) is 26.5. The van der Waals surface area contributed by atoms with Gasteiger partial charge in [0, 0.05) is 11.7 Å². The van der Waals surface area contributed by atoms with Crippen LogP contribution in [0.15, 0.2) is 66.7 Å². The van der Waals surface area contributed by atoms with Gasteiger partial charge in [0.25, 0.3) is 0 Å². The monoisotopic (exact) mass is 466 g/mol. The molecule has 7 heteroatoms. The zero-order chi connectivity index (χ0) is 24.9. The molecule has 6 N–H and O–H groups in total. The van der Waals surface area contributed by atoms with Crippen molar-refractivity contribution >= 4 is 11.7 Å². The van der Waals surface area contributed by atoms with Gasteiger partial charge in [0.2, 0.25) is 0 Å². The highest BCUT2D eigenvalue weighted by Gasteiger charge is 2.05. The van der Waals surface area contributed by atoms with Crippen LogP contribution in [0.2, 0.25) is 0 Å². The lowest BCUT2D eigenvalue weighted by atomic mass is 10.1. The molecular weight excluding hydrogens is 432 g/mol. The predicted molar refractivity (Wildman–Crippen MR) is 134 cm³/mol. The summed E-state index contributed by atoms with van der Waals surface area (Å²) in [6.07, 6.45) is 2.79. The van der Waals surface area contributed by atoms with Crippen molar-refractivity contribution in [1.29, 1.82) is 0 Å². The average molecular weight is 467 g/mol. The molecule has 0 amide bonds. The van der Waals surface area contributed by atoms with E-state index >= 15 is 0 Å². The van der Waals surface area contributed by atoms with E-state index in [1.54, 1.807) is 49.4 Å². The number of esters is 1. The second kappa shape index (κ2) is 13.7. The maximum atomic E-state index is 11.1. The van der Waals surface area contributed by atoms with Crippen molar-refractivity contribution in [2.45, 2.75) is 39.2 Å². The minimum Gasteiger partial charge on any atom is -0.508 e. The maximum absolute atomic E-state index is 11.1. The number of nitrogens with two attached hydrogens (primary N) is 1. The number of hydrogen-bond donors (Lipinski definition) is 5. The molecule has 0 aliphatic carbocycles. The first-order chi connectivity index (χ1) is 16.3. The smallest absolute Gasteiger partial charge is 0.338 e. The van der Waals surface area contributed by atoms with Crippen molar-refractivity contribution in [1.82, 2.24) is 5.32 Å². The molecule has 0 fully saturated rings. The summed E-state index contributed by atoms with van der Waals surface area (Å²) in [5.74, 6) is -0.165. The van der Waals surface area contributed by atoms with E-state index in [1.165, 1.54) is 11.6 Å². The van der Waals surface area contributed by atoms with Gasteiger partial charge in [-0.2, -0.15) is 0 Å². The van der Waals surface area contributed by atoms with E-state index in [9.17, 15) is 20.1 Å². The summed E-state index contributed by atoms with van der Waals surface area (Å²) in [7, 11) is 0. The van der Waals surface area contributed by atoms with Crippen LogP contribution in [0.1, 0.15) is 41.8 Å². The SMILES string of the molecule is CC(CCc1ccc(O)cc1)NCCc1ccc(O)c(O)c1.CCOC(=O)c1ccc(N)cc1. The number of ether oxygens (including phenoxy) is 1. The molecule has 0 radical (unpaired) electrons. The van der Waals surface area contributed by atoms with Crippen molar-refractivity contribution < 1.29 is 24.9 Å². The molecule has 0 aromatic heterocycles. The van der Waals surface area contributed by atoms with E-state index in [4.69, 9.17) is 10.5 Å². The fourth-order valence-electron chi connectivity index (χ4n) is 3.17. The summed E-state index contributed by atoms with van der Waals surface area (Å²) < 4.78 is 4.79. The lowest BCUT2D eigenvalue weighted by Crippen LogP contribution is -2.28. The summed E-state index contributed by atoms with van der Waals surface area (Å²) in [5.41, 5.74) is 8.84. The standard InChI is InChI=1S/C18H23NO3.C9H11NO2/c1-13(2-3-14-4-7-16(20)8-5-14)19-11-10-15-6-9-17(21)18(22)12-15;1-2-12-9(11)7-3-5-8(10)6-4-7/h4-9,12-13,19-22H,2-3,10-11H2,1H3;3-6H,2,10H2,1H3. The fourth-order valence-corrected chi connectivity index (χ4v) is 3.17. The van der Waals surface area contributed by atoms with Crippen molar-refractivity contribution in [3.8, 4) is 17.2 Å². The number of phenols is 3. The number of aromatic hydroxyl groups is 3. The fraction of sp³-hybridized carbons (Fsp3) is 0.296. The molecule has 0 heterocycles. The van der Waals surface area contributed by atoms with Gasteiger partial charge in [0.05, 0.1) is 12.2 Å². The van der Waals surface area contributed by atoms with Crippen LogP contribution in [-0.2, 0) is 17.6 Å². The summed E-state index contributed by atoms with van der Waals surface area (Å²) >= 11 is 0. The van der Waals surface area contributed by atoms with Crippen LogP contribution < -0.4 is 11.1 Å². The third kappa shape index (κ3) is 9.42. The van der Waals surface area contributed by atoms with E-state index in [-0.39, 0.29) is 17.5 Å². The third-order valence-electron chi connectivity index (χ3n) is 5.17. The van der Waals surface area contributed by atoms with Gasteiger partial charge in [-0.25, -0.2) is 4.79 Å². The predicted octanol–water partition coefficient (Wildman–Crippen LogP) is 4.40. The van der Waals surface area contributed by atoms with Crippen LogP contribution in [0, 0.1) is 0 Å². The van der Waals surface area contributed by atoms with Gasteiger partial charge < -0.3 is 31.1 Å². The van der Waals surface area contributed by atoms with Gasteiger partial charge in [-0.05, 0) is 99.3 Å². The van der Waals surface area contributed by atoms with Gasteiger partial charge in [0.1, 0.15) is 5.75 Å². The number of hydrogen-bond acceptors (Lipinski definition) is 7. The summed E-state index contributed by atoms with van der Waals surface area (Å²) in [6.45, 7) is 5.13. The average Bonchev–Trinajstić information content (AvgIpc) is 2.82. The second-order valence-electron chi connectivity index (χ2n) is 7.98. The van der Waals surface area contributed by atoms with Gasteiger partial charge in [-0.1, -0.05) is 18.2 Å². The van der Waals surface area contributed by atoms with E-state index in [0.29, 0.717) is 29.6 Å². The molecule has 0 spiro atoms. The topological polar surface area (TPSA) is 125 Å². The van der Waals surface area contributed by atoms with Gasteiger partial charge in [-0.3, -0.25) is 0 Å². The minimum absolute atomic E-state index is 0.0714. The first-order valence-corrected chi connectivity index (χ1v) is 11.3. The molecule has 7 nitrogen and oxygen atoms in total. The molecule has 182 valence electrons. The number of nitrogen functional groups attached to an aromatic ring is 1. The zero-order valence-electron chi connectivity index (χ0n) is 19.7. The Morgan fingerprint density at radius 3 is 2.18 bits per heavy atom. The van der Waals surface area contributed by atoms with Gasteiger partial charge in [-0.15, -0.1) is 0 Å². The van der Waals surface area contributed by atoms with Crippen molar-refractivity contribution in [3.05, 3.63) is 83.4 Å². The van der Waals surface area contributed by atoms with Crippen LogP contribution in [-0.4, -0.2) is 40.5 Å². The van der Waals surface area contributed by atoms with Crippen LogP contribution in [0.25, 0.3) is 0 Å². The highest BCUT2D eigenvalue weighted by molar-refractivity contribution is 5.89. The molecule has 0 aliphatic rings. The third-order valence-corrected chi connectivity index (χ3v) is 5.17. The quantitative estimate of drug-likeness (QED) is 0.180. The van der Waals surface area contributed by atoms with Gasteiger partial charge in [0.15, 0.2) is 11.5 Å². The number of phenolic OH excluding ortho intramolecular Hbond substituents is 3. The zero-order valence-corrected chi connectivity index (χ0v) is 19.7. The molecule has 0 saturated heterocycles. The molecular formula is C27H34N2O5. The Kier molecular flexibility index (Phi) is 10.7. The Balaban J connectivity index is 0.000000287. The van der Waals surface area contributed by atoms with Gasteiger partial charge >= 0.3 is 5.97 Å². The van der Waals surface area contributed by atoms with Crippen molar-refractivity contribution in [2.24, 2.45) is 0 Å². The largest absolute Gasteiger partial charge is 0.508 e. The van der Waals surface area contributed by atoms with Crippen LogP contribution in [0.4, 0.5) is 5.69 Å². The summed E-state index contributed by atoms with van der Waals surface area (Å²) in [4.78, 5) is 11.1. The lowest BCUT2D eigenvalue weighted by molar-refractivity contribution is 0.0526. The molecule has 0 saturated carbocycles. The normalized spacial score (nSPS) is 11.2. The first-order valence-electron chi connectivity index (χ1n) is 11.3. The second-order valence-corrected chi connectivity index (χ2v) is 7.98. The number of carbonyl (C=O) groups excluding carboxylic acids is 1. The molecule has 1 atom stereocenters. The molecule has 1 unspecified atom stereocenters. The molecule has 34 heavy (non-hydrogen) atoms. The Labute approximate surface area is 200 Å². The molecule has 0 bridgehead atoms. The number of rotatable bonds is 9. The maximum Gasteiger partial charge on any atom is 0.338 e. The Bertz CT molecular complexity index is 1020. The van der Waals surface area contributed by atoms with E-state index in [2.05, 4.69) is 12.2 Å². The number of nitrogens with one attached hydrogen (secondary N) is 1. The van der Waals surface area contributed by atoms with E-state index < -0.39 is 0 Å². The summed E-state index contributed by atoms with van der Waals surface area (Å²) in [5, 5.41) is 31.4. The number of carbonyl (C=O) groups is 1. The van der Waals surface area contributed by atoms with Crippen LogP contribution >= 0.6 is 0 Å². The minimum atomic E-state index is -0.308. The molecule has 0 aliphatic heterocycles. The van der Waals surface area contributed by atoms with E-state index in [0.717, 1.165) is 31.4 Å². The summed E-state index contributed by atoms with van der Waals surface area (Å²) in [6, 6.07) is 19.3. The lowest BCUT2D eigenvalue weighted by Gasteiger charge is -2.14. The van der Waals surface area contributed by atoms with E-state index in [1.807, 2.05) is 18.2 Å².